The van der Waals surface area contributed by atoms with Gasteiger partial charge in [-0.3, -0.25) is 4.79 Å². The highest BCUT2D eigenvalue weighted by Gasteiger charge is 2.08. The van der Waals surface area contributed by atoms with Crippen LogP contribution < -0.4 is 0 Å². The second kappa shape index (κ2) is 6.11. The van der Waals surface area contributed by atoms with Gasteiger partial charge in [0.25, 0.3) is 0 Å². The van der Waals surface area contributed by atoms with Crippen LogP contribution in [0.15, 0.2) is 42.0 Å². The number of nitrogens with zero attached hydrogens (tertiary/aromatic N) is 1. The van der Waals surface area contributed by atoms with Crippen LogP contribution in [-0.4, -0.2) is 17.4 Å². The first kappa shape index (κ1) is 12.5. The van der Waals surface area contributed by atoms with Crippen LogP contribution >= 0.6 is 0 Å². The van der Waals surface area contributed by atoms with Crippen molar-refractivity contribution >= 4 is 5.91 Å². The zero-order valence-electron chi connectivity index (χ0n) is 10.2. The first-order valence-electron chi connectivity index (χ1n) is 5.61. The molecule has 0 fully saturated rings. The van der Waals surface area contributed by atoms with Gasteiger partial charge in [0, 0.05) is 19.2 Å². The quantitative estimate of drug-likeness (QED) is 0.710. The lowest BCUT2D eigenvalue weighted by Crippen LogP contribution is -2.28. The van der Waals surface area contributed by atoms with Gasteiger partial charge in [-0.1, -0.05) is 35.9 Å². The molecule has 16 heavy (non-hydrogen) atoms. The molecule has 1 amide bonds. The number of allylic oxidation sites excluding steroid dienone is 1. The van der Waals surface area contributed by atoms with E-state index in [1.165, 1.54) is 5.56 Å². The Balaban J connectivity index is 2.70. The molecule has 0 spiro atoms. The van der Waals surface area contributed by atoms with E-state index in [4.69, 9.17) is 0 Å². The second-order valence-electron chi connectivity index (χ2n) is 4.06. The summed E-state index contributed by atoms with van der Waals surface area (Å²) in [5.74, 6) is 0.0892. The van der Waals surface area contributed by atoms with E-state index in [-0.39, 0.29) is 5.91 Å². The van der Waals surface area contributed by atoms with Gasteiger partial charge in [-0.05, 0) is 26.3 Å². The van der Waals surface area contributed by atoms with Gasteiger partial charge in [0.1, 0.15) is 0 Å². The Bertz CT molecular complexity index is 364. The minimum atomic E-state index is 0.0892. The van der Waals surface area contributed by atoms with E-state index < -0.39 is 0 Å². The molecule has 0 atom stereocenters. The number of carbonyl (C=O) groups is 1. The summed E-state index contributed by atoms with van der Waals surface area (Å²) in [5.41, 5.74) is 2.20. The van der Waals surface area contributed by atoms with Gasteiger partial charge in [-0.2, -0.15) is 0 Å². The summed E-state index contributed by atoms with van der Waals surface area (Å²) in [6.45, 7) is 7.29. The first-order valence-corrected chi connectivity index (χ1v) is 5.61. The maximum Gasteiger partial charge on any atom is 0.246 e. The van der Waals surface area contributed by atoms with E-state index in [1.54, 1.807) is 6.08 Å². The molecule has 0 aliphatic carbocycles. The van der Waals surface area contributed by atoms with Crippen LogP contribution in [0.3, 0.4) is 0 Å². The van der Waals surface area contributed by atoms with E-state index in [9.17, 15) is 4.79 Å². The van der Waals surface area contributed by atoms with Crippen molar-refractivity contribution in [3.05, 3.63) is 47.5 Å². The van der Waals surface area contributed by atoms with E-state index in [1.807, 2.05) is 56.0 Å². The van der Waals surface area contributed by atoms with Crippen LogP contribution in [0, 0.1) is 0 Å². The SMILES string of the molecule is CCN(Cc1ccccc1)C(=O)C=C(C)C. The van der Waals surface area contributed by atoms with Gasteiger partial charge in [0.05, 0.1) is 0 Å². The molecule has 0 aliphatic rings. The van der Waals surface area contributed by atoms with Crippen molar-refractivity contribution in [2.24, 2.45) is 0 Å². The Morgan fingerprint density at radius 1 is 1.25 bits per heavy atom. The molecule has 2 nitrogen and oxygen atoms in total. The molecule has 0 aromatic heterocycles. The maximum atomic E-state index is 11.8. The number of carbonyl (C=O) groups excluding carboxylic acids is 1. The summed E-state index contributed by atoms with van der Waals surface area (Å²) < 4.78 is 0. The molecule has 0 saturated carbocycles. The van der Waals surface area contributed by atoms with Crippen molar-refractivity contribution < 1.29 is 4.79 Å². The van der Waals surface area contributed by atoms with Crippen LogP contribution in [0.4, 0.5) is 0 Å². The summed E-state index contributed by atoms with van der Waals surface area (Å²) in [7, 11) is 0. The Morgan fingerprint density at radius 2 is 1.88 bits per heavy atom. The summed E-state index contributed by atoms with van der Waals surface area (Å²) in [6.07, 6.45) is 1.69. The van der Waals surface area contributed by atoms with Crippen LogP contribution in [0.2, 0.25) is 0 Å². The molecule has 0 heterocycles. The zero-order valence-corrected chi connectivity index (χ0v) is 10.2. The summed E-state index contributed by atoms with van der Waals surface area (Å²) in [5, 5.41) is 0. The fourth-order valence-electron chi connectivity index (χ4n) is 1.49. The highest BCUT2D eigenvalue weighted by atomic mass is 16.2. The van der Waals surface area contributed by atoms with Crippen LogP contribution in [-0.2, 0) is 11.3 Å². The number of hydrogen-bond acceptors (Lipinski definition) is 1. The maximum absolute atomic E-state index is 11.8. The second-order valence-corrected chi connectivity index (χ2v) is 4.06. The van der Waals surface area contributed by atoms with Crippen LogP contribution in [0.25, 0.3) is 0 Å². The predicted molar refractivity (Wildman–Crippen MR) is 67.0 cm³/mol. The van der Waals surface area contributed by atoms with Crippen molar-refractivity contribution in [2.45, 2.75) is 27.3 Å². The molecule has 1 rings (SSSR count). The lowest BCUT2D eigenvalue weighted by atomic mass is 10.2. The van der Waals surface area contributed by atoms with Crippen molar-refractivity contribution in [3.8, 4) is 0 Å². The third kappa shape index (κ3) is 3.89. The Kier molecular flexibility index (Phi) is 4.77. The molecule has 0 saturated heterocycles. The molecule has 0 bridgehead atoms. The number of likely N-dealkylation sites (N-methyl/N-ethyl adjacent to an activating group) is 1. The van der Waals surface area contributed by atoms with Gasteiger partial charge in [-0.25, -0.2) is 0 Å². The monoisotopic (exact) mass is 217 g/mol. The number of hydrogen-bond donors (Lipinski definition) is 0. The van der Waals surface area contributed by atoms with Crippen LogP contribution in [0.5, 0.6) is 0 Å². The van der Waals surface area contributed by atoms with Crippen molar-refractivity contribution in [2.75, 3.05) is 6.54 Å². The van der Waals surface area contributed by atoms with E-state index in [0.29, 0.717) is 6.54 Å². The van der Waals surface area contributed by atoms with E-state index in [0.717, 1.165) is 12.1 Å². The standard InChI is InChI=1S/C14H19NO/c1-4-15(14(16)10-12(2)3)11-13-8-6-5-7-9-13/h5-10H,4,11H2,1-3H3. The van der Waals surface area contributed by atoms with Gasteiger partial charge in [-0.15, -0.1) is 0 Å². The third-order valence-electron chi connectivity index (χ3n) is 2.32. The molecule has 1 aromatic carbocycles. The molecule has 86 valence electrons. The number of amides is 1. The van der Waals surface area contributed by atoms with Crippen LogP contribution in [0.1, 0.15) is 26.3 Å². The Hall–Kier alpha value is -1.57. The predicted octanol–water partition coefficient (Wildman–Crippen LogP) is 3.00. The van der Waals surface area contributed by atoms with Crippen molar-refractivity contribution in [1.29, 1.82) is 0 Å². The van der Waals surface area contributed by atoms with Gasteiger partial charge in [0.2, 0.25) is 5.91 Å². The molecular formula is C14H19NO. The van der Waals surface area contributed by atoms with Gasteiger partial charge < -0.3 is 4.90 Å². The molecule has 0 radical (unpaired) electrons. The van der Waals surface area contributed by atoms with E-state index in [2.05, 4.69) is 0 Å². The Labute approximate surface area is 97.6 Å². The molecule has 0 unspecified atom stereocenters. The number of benzene rings is 1. The molecule has 0 aliphatic heterocycles. The average Bonchev–Trinajstić information content (AvgIpc) is 2.26. The fourth-order valence-corrected chi connectivity index (χ4v) is 1.49. The van der Waals surface area contributed by atoms with E-state index >= 15 is 0 Å². The smallest absolute Gasteiger partial charge is 0.246 e. The minimum Gasteiger partial charge on any atom is -0.335 e. The highest BCUT2D eigenvalue weighted by molar-refractivity contribution is 5.88. The minimum absolute atomic E-state index is 0.0892. The highest BCUT2D eigenvalue weighted by Crippen LogP contribution is 2.05. The molecule has 1 aromatic rings. The Morgan fingerprint density at radius 3 is 2.38 bits per heavy atom. The fraction of sp³-hybridized carbons (Fsp3) is 0.357. The summed E-state index contributed by atoms with van der Waals surface area (Å²) in [4.78, 5) is 13.7. The van der Waals surface area contributed by atoms with Gasteiger partial charge in [0.15, 0.2) is 0 Å². The molecular weight excluding hydrogens is 198 g/mol. The zero-order chi connectivity index (χ0) is 12.0. The topological polar surface area (TPSA) is 20.3 Å². The summed E-state index contributed by atoms with van der Waals surface area (Å²) in [6, 6.07) is 10.1. The van der Waals surface area contributed by atoms with Gasteiger partial charge >= 0.3 is 0 Å². The van der Waals surface area contributed by atoms with Crippen molar-refractivity contribution in [3.63, 3.8) is 0 Å². The third-order valence-corrected chi connectivity index (χ3v) is 2.32. The average molecular weight is 217 g/mol. The lowest BCUT2D eigenvalue weighted by Gasteiger charge is -2.19. The largest absolute Gasteiger partial charge is 0.335 e. The van der Waals surface area contributed by atoms with Crippen molar-refractivity contribution in [1.82, 2.24) is 4.90 Å². The first-order chi connectivity index (χ1) is 7.63. The lowest BCUT2D eigenvalue weighted by molar-refractivity contribution is -0.126. The number of rotatable bonds is 4. The molecule has 2 heteroatoms. The summed E-state index contributed by atoms with van der Waals surface area (Å²) >= 11 is 0. The molecule has 0 N–H and O–H groups in total. The normalized spacial score (nSPS) is 9.69.